The summed E-state index contributed by atoms with van der Waals surface area (Å²) in [5.74, 6) is 0.945. The summed E-state index contributed by atoms with van der Waals surface area (Å²) in [6, 6.07) is 10.9. The van der Waals surface area contributed by atoms with Crippen molar-refractivity contribution >= 4 is 45.9 Å². The number of rotatable bonds is 8. The summed E-state index contributed by atoms with van der Waals surface area (Å²) in [6.45, 7) is 1.66. The second-order valence-corrected chi connectivity index (χ2v) is 9.17. The van der Waals surface area contributed by atoms with Crippen LogP contribution in [0.15, 0.2) is 46.3 Å². The van der Waals surface area contributed by atoms with Gasteiger partial charge in [-0.25, -0.2) is 4.98 Å². The van der Waals surface area contributed by atoms with E-state index in [0.717, 1.165) is 29.8 Å². The number of benzene rings is 2. The molecule has 2 aromatic carbocycles. The first-order chi connectivity index (χ1) is 16.0. The van der Waals surface area contributed by atoms with Gasteiger partial charge in [0.1, 0.15) is 5.75 Å². The first-order valence-corrected chi connectivity index (χ1v) is 12.2. The molecular formula is C24H26ClN3O4S. The molecule has 2 heterocycles. The van der Waals surface area contributed by atoms with E-state index in [-0.39, 0.29) is 17.2 Å². The van der Waals surface area contributed by atoms with E-state index in [9.17, 15) is 9.59 Å². The molecule has 9 heteroatoms. The molecule has 0 atom stereocenters. The Morgan fingerprint density at radius 1 is 1.21 bits per heavy atom. The number of carbonyl (C=O) groups excluding carboxylic acids is 1. The zero-order chi connectivity index (χ0) is 23.4. The van der Waals surface area contributed by atoms with E-state index in [2.05, 4.69) is 4.98 Å². The predicted molar refractivity (Wildman–Crippen MR) is 132 cm³/mol. The maximum absolute atomic E-state index is 13.2. The second-order valence-electron chi connectivity index (χ2n) is 7.79. The smallest absolute Gasteiger partial charge is 0.262 e. The molecule has 1 aliphatic rings. The lowest BCUT2D eigenvalue weighted by Gasteiger charge is -2.29. The van der Waals surface area contributed by atoms with Crippen LogP contribution >= 0.6 is 23.4 Å². The van der Waals surface area contributed by atoms with Crippen LogP contribution in [0.2, 0.25) is 5.02 Å². The van der Waals surface area contributed by atoms with Gasteiger partial charge in [-0.05, 0) is 61.2 Å². The van der Waals surface area contributed by atoms with Crippen molar-refractivity contribution in [1.82, 2.24) is 9.55 Å². The van der Waals surface area contributed by atoms with Gasteiger partial charge in [0, 0.05) is 37.5 Å². The summed E-state index contributed by atoms with van der Waals surface area (Å²) >= 11 is 7.40. The van der Waals surface area contributed by atoms with Crippen molar-refractivity contribution < 1.29 is 14.3 Å². The van der Waals surface area contributed by atoms with Crippen molar-refractivity contribution in [2.75, 3.05) is 38.0 Å². The van der Waals surface area contributed by atoms with E-state index >= 15 is 0 Å². The summed E-state index contributed by atoms with van der Waals surface area (Å²) in [6.07, 6.45) is 2.47. The highest BCUT2D eigenvalue weighted by Gasteiger charge is 2.24. The number of halogens is 1. The topological polar surface area (TPSA) is 73.7 Å². The largest absolute Gasteiger partial charge is 0.497 e. The molecule has 0 radical (unpaired) electrons. The molecule has 0 bridgehead atoms. The third kappa shape index (κ3) is 5.18. The number of carbonyl (C=O) groups is 1. The maximum Gasteiger partial charge on any atom is 0.262 e. The summed E-state index contributed by atoms with van der Waals surface area (Å²) < 4.78 is 12.1. The van der Waals surface area contributed by atoms with Crippen LogP contribution in [0.3, 0.4) is 0 Å². The number of methoxy groups -OCH3 is 2. The minimum Gasteiger partial charge on any atom is -0.497 e. The molecule has 0 saturated carbocycles. The fourth-order valence-corrected chi connectivity index (χ4v) is 5.08. The Kier molecular flexibility index (Phi) is 7.57. The summed E-state index contributed by atoms with van der Waals surface area (Å²) in [7, 11) is 3.27. The first kappa shape index (κ1) is 23.6. The van der Waals surface area contributed by atoms with Crippen LogP contribution in [0.1, 0.15) is 18.4 Å². The SMILES string of the molecule is COCCCn1c(SCC(=O)N2CCCc3cc(OC)ccc32)nc2cc(Cl)ccc2c1=O. The number of fused-ring (bicyclic) bond motifs is 2. The standard InChI is InChI=1S/C24H26ClN3O4S/c1-31-12-4-11-28-23(30)19-8-6-17(25)14-20(19)26-24(28)33-15-22(29)27-10-3-5-16-13-18(32-2)7-9-21(16)27/h6-9,13-14H,3-5,10-12,15H2,1-2H3. The molecule has 0 aliphatic carbocycles. The van der Waals surface area contributed by atoms with E-state index in [1.54, 1.807) is 37.0 Å². The molecule has 7 nitrogen and oxygen atoms in total. The Morgan fingerprint density at radius 2 is 2.06 bits per heavy atom. The molecule has 0 unspecified atom stereocenters. The van der Waals surface area contributed by atoms with Gasteiger partial charge in [-0.3, -0.25) is 14.2 Å². The van der Waals surface area contributed by atoms with Gasteiger partial charge in [-0.1, -0.05) is 23.4 Å². The second kappa shape index (κ2) is 10.6. The number of aromatic nitrogens is 2. The molecule has 3 aromatic rings. The third-order valence-corrected chi connectivity index (χ3v) is 6.84. The molecule has 174 valence electrons. The zero-order valence-electron chi connectivity index (χ0n) is 18.7. The lowest BCUT2D eigenvalue weighted by Crippen LogP contribution is -2.37. The fourth-order valence-electron chi connectivity index (χ4n) is 4.01. The zero-order valence-corrected chi connectivity index (χ0v) is 20.2. The number of aryl methyl sites for hydroxylation is 1. The Balaban J connectivity index is 1.59. The van der Waals surface area contributed by atoms with Crippen LogP contribution in [-0.2, 0) is 22.5 Å². The highest BCUT2D eigenvalue weighted by atomic mass is 35.5. The van der Waals surface area contributed by atoms with Crippen molar-refractivity contribution in [3.8, 4) is 5.75 Å². The predicted octanol–water partition coefficient (Wildman–Crippen LogP) is 4.17. The summed E-state index contributed by atoms with van der Waals surface area (Å²) in [4.78, 5) is 32.8. The van der Waals surface area contributed by atoms with Crippen LogP contribution in [0.4, 0.5) is 5.69 Å². The number of nitrogens with zero attached hydrogens (tertiary/aromatic N) is 3. The van der Waals surface area contributed by atoms with Crippen molar-refractivity contribution in [3.05, 3.63) is 57.3 Å². The molecule has 0 saturated heterocycles. The van der Waals surface area contributed by atoms with E-state index in [1.165, 1.54) is 11.8 Å². The maximum atomic E-state index is 13.2. The average molecular weight is 488 g/mol. The van der Waals surface area contributed by atoms with Crippen LogP contribution in [0.5, 0.6) is 5.75 Å². The van der Waals surface area contributed by atoms with E-state index in [4.69, 9.17) is 21.1 Å². The molecule has 0 fully saturated rings. The van der Waals surface area contributed by atoms with Gasteiger partial charge >= 0.3 is 0 Å². The van der Waals surface area contributed by atoms with Crippen LogP contribution < -0.4 is 15.2 Å². The monoisotopic (exact) mass is 487 g/mol. The van der Waals surface area contributed by atoms with Crippen molar-refractivity contribution in [2.24, 2.45) is 0 Å². The van der Waals surface area contributed by atoms with Gasteiger partial charge < -0.3 is 14.4 Å². The molecule has 0 N–H and O–H groups in total. The number of hydrogen-bond acceptors (Lipinski definition) is 6. The molecule has 0 spiro atoms. The number of anilines is 1. The number of ether oxygens (including phenoxy) is 2. The number of hydrogen-bond donors (Lipinski definition) is 0. The van der Waals surface area contributed by atoms with E-state index in [0.29, 0.717) is 47.2 Å². The van der Waals surface area contributed by atoms with Gasteiger partial charge in [-0.15, -0.1) is 0 Å². The number of thioether (sulfide) groups is 1. The van der Waals surface area contributed by atoms with Crippen molar-refractivity contribution in [3.63, 3.8) is 0 Å². The van der Waals surface area contributed by atoms with E-state index in [1.807, 2.05) is 23.1 Å². The highest BCUT2D eigenvalue weighted by Crippen LogP contribution is 2.31. The summed E-state index contributed by atoms with van der Waals surface area (Å²) in [5, 5.41) is 1.52. The Morgan fingerprint density at radius 3 is 2.85 bits per heavy atom. The Hall–Kier alpha value is -2.55. The van der Waals surface area contributed by atoms with E-state index < -0.39 is 0 Å². The third-order valence-electron chi connectivity index (χ3n) is 5.64. The Bertz CT molecular complexity index is 1230. The van der Waals surface area contributed by atoms with Crippen molar-refractivity contribution in [1.29, 1.82) is 0 Å². The Labute approximate surface area is 201 Å². The fraction of sp³-hybridized carbons (Fsp3) is 0.375. The normalized spacial score (nSPS) is 13.2. The lowest BCUT2D eigenvalue weighted by molar-refractivity contribution is -0.116. The molecule has 1 amide bonds. The van der Waals surface area contributed by atoms with Crippen LogP contribution in [0.25, 0.3) is 10.9 Å². The van der Waals surface area contributed by atoms with Gasteiger partial charge in [0.2, 0.25) is 5.91 Å². The quantitative estimate of drug-likeness (QED) is 0.270. The van der Waals surface area contributed by atoms with Gasteiger partial charge in [0.05, 0.1) is 23.8 Å². The highest BCUT2D eigenvalue weighted by molar-refractivity contribution is 7.99. The van der Waals surface area contributed by atoms with Crippen LogP contribution in [-0.4, -0.2) is 48.6 Å². The minimum atomic E-state index is -0.141. The molecule has 4 rings (SSSR count). The molecule has 33 heavy (non-hydrogen) atoms. The molecule has 1 aliphatic heterocycles. The lowest BCUT2D eigenvalue weighted by atomic mass is 10.0. The number of amides is 1. The minimum absolute atomic E-state index is 0.0185. The first-order valence-electron chi connectivity index (χ1n) is 10.8. The summed E-state index contributed by atoms with van der Waals surface area (Å²) in [5.41, 5.74) is 2.41. The van der Waals surface area contributed by atoms with Crippen LogP contribution in [0, 0.1) is 0 Å². The van der Waals surface area contributed by atoms with Crippen molar-refractivity contribution in [2.45, 2.75) is 31.0 Å². The van der Waals surface area contributed by atoms with Gasteiger partial charge in [0.15, 0.2) is 5.16 Å². The molecular weight excluding hydrogens is 462 g/mol. The average Bonchev–Trinajstić information content (AvgIpc) is 2.83. The molecule has 1 aromatic heterocycles. The van der Waals surface area contributed by atoms with Gasteiger partial charge in [0.25, 0.3) is 5.56 Å². The van der Waals surface area contributed by atoms with Gasteiger partial charge in [-0.2, -0.15) is 0 Å².